The Bertz CT molecular complexity index is 336. The first-order chi connectivity index (χ1) is 7.18. The molecule has 1 saturated heterocycles. The molecule has 6 nitrogen and oxygen atoms in total. The zero-order valence-electron chi connectivity index (χ0n) is 8.97. The fourth-order valence-electron chi connectivity index (χ4n) is 2.09. The normalized spacial score (nSPS) is 26.7. The summed E-state index contributed by atoms with van der Waals surface area (Å²) in [5, 5.41) is 13.1. The highest BCUT2D eigenvalue weighted by Crippen LogP contribution is 2.22. The molecule has 2 atom stereocenters. The first-order valence-electron chi connectivity index (χ1n) is 5.23. The van der Waals surface area contributed by atoms with Crippen LogP contribution in [0.15, 0.2) is 0 Å². The second-order valence-corrected chi connectivity index (χ2v) is 4.21. The van der Waals surface area contributed by atoms with Gasteiger partial charge in [0, 0.05) is 12.6 Å². The first kappa shape index (κ1) is 10.1. The summed E-state index contributed by atoms with van der Waals surface area (Å²) in [7, 11) is 0. The Balaban J connectivity index is 2.08. The van der Waals surface area contributed by atoms with Crippen molar-refractivity contribution in [1.82, 2.24) is 25.5 Å². The molecule has 1 N–H and O–H groups in total. The maximum Gasteiger partial charge on any atom is 0.295 e. The number of amides is 1. The van der Waals surface area contributed by atoms with Crippen molar-refractivity contribution in [3.63, 3.8) is 0 Å². The molecule has 1 aromatic rings. The van der Waals surface area contributed by atoms with E-state index in [-0.39, 0.29) is 17.8 Å². The van der Waals surface area contributed by atoms with E-state index >= 15 is 0 Å². The van der Waals surface area contributed by atoms with Crippen LogP contribution in [-0.4, -0.2) is 44.0 Å². The van der Waals surface area contributed by atoms with Crippen LogP contribution in [-0.2, 0) is 0 Å². The Morgan fingerprint density at radius 3 is 2.93 bits per heavy atom. The van der Waals surface area contributed by atoms with Gasteiger partial charge >= 0.3 is 0 Å². The summed E-state index contributed by atoms with van der Waals surface area (Å²) in [5.41, 5.74) is 0. The Morgan fingerprint density at radius 2 is 2.33 bits per heavy atom. The molecule has 1 aliphatic rings. The number of carbonyl (C=O) groups excluding carboxylic acids is 1. The molecule has 2 heterocycles. The topological polar surface area (TPSA) is 74.8 Å². The molecule has 1 amide bonds. The van der Waals surface area contributed by atoms with Gasteiger partial charge in [0.05, 0.1) is 0 Å². The largest absolute Gasteiger partial charge is 0.333 e. The van der Waals surface area contributed by atoms with Gasteiger partial charge in [0.25, 0.3) is 11.7 Å². The SMILES string of the molecule is CC1CCN(C(=O)c2nn[nH]n2)C(C)C1. The van der Waals surface area contributed by atoms with Gasteiger partial charge in [0.15, 0.2) is 0 Å². The molecule has 0 aliphatic carbocycles. The summed E-state index contributed by atoms with van der Waals surface area (Å²) < 4.78 is 0. The van der Waals surface area contributed by atoms with Crippen molar-refractivity contribution in [2.24, 2.45) is 5.92 Å². The average Bonchev–Trinajstić information content (AvgIpc) is 2.69. The van der Waals surface area contributed by atoms with E-state index in [0.29, 0.717) is 5.92 Å². The number of carbonyl (C=O) groups is 1. The number of tetrazole rings is 1. The minimum atomic E-state index is -0.122. The summed E-state index contributed by atoms with van der Waals surface area (Å²) in [4.78, 5) is 13.7. The number of nitrogens with zero attached hydrogens (tertiary/aromatic N) is 4. The van der Waals surface area contributed by atoms with Gasteiger partial charge in [-0.15, -0.1) is 10.2 Å². The van der Waals surface area contributed by atoms with Crippen LogP contribution in [0.3, 0.4) is 0 Å². The molecule has 0 bridgehead atoms. The third-order valence-electron chi connectivity index (χ3n) is 2.94. The zero-order chi connectivity index (χ0) is 10.8. The quantitative estimate of drug-likeness (QED) is 0.729. The molecule has 1 fully saturated rings. The molecule has 0 aromatic carbocycles. The molecular formula is C9H15N5O. The fourth-order valence-corrected chi connectivity index (χ4v) is 2.09. The molecule has 6 heteroatoms. The minimum Gasteiger partial charge on any atom is -0.333 e. The van der Waals surface area contributed by atoms with E-state index in [1.807, 2.05) is 4.90 Å². The van der Waals surface area contributed by atoms with Gasteiger partial charge in [-0.25, -0.2) is 0 Å². The minimum absolute atomic E-state index is 0.122. The fraction of sp³-hybridized carbons (Fsp3) is 0.778. The number of hydrogen-bond acceptors (Lipinski definition) is 4. The third kappa shape index (κ3) is 1.98. The monoisotopic (exact) mass is 209 g/mol. The summed E-state index contributed by atoms with van der Waals surface area (Å²) in [5.74, 6) is 0.730. The van der Waals surface area contributed by atoms with E-state index in [0.717, 1.165) is 19.4 Å². The second kappa shape index (κ2) is 3.96. The maximum atomic E-state index is 11.9. The number of rotatable bonds is 1. The van der Waals surface area contributed by atoms with Gasteiger partial charge in [-0.2, -0.15) is 5.21 Å². The van der Waals surface area contributed by atoms with Crippen molar-refractivity contribution >= 4 is 5.91 Å². The molecule has 0 radical (unpaired) electrons. The first-order valence-corrected chi connectivity index (χ1v) is 5.23. The van der Waals surface area contributed by atoms with Crippen LogP contribution in [0.5, 0.6) is 0 Å². The molecular weight excluding hydrogens is 194 g/mol. The van der Waals surface area contributed by atoms with Crippen molar-refractivity contribution < 1.29 is 4.79 Å². The Kier molecular flexibility index (Phi) is 2.66. The van der Waals surface area contributed by atoms with Crippen molar-refractivity contribution in [2.75, 3.05) is 6.54 Å². The lowest BCUT2D eigenvalue weighted by atomic mass is 9.93. The van der Waals surface area contributed by atoms with Gasteiger partial charge < -0.3 is 4.90 Å². The summed E-state index contributed by atoms with van der Waals surface area (Å²) in [6.45, 7) is 5.07. The third-order valence-corrected chi connectivity index (χ3v) is 2.94. The molecule has 2 unspecified atom stereocenters. The van der Waals surface area contributed by atoms with Gasteiger partial charge in [-0.05, 0) is 30.9 Å². The highest BCUT2D eigenvalue weighted by Gasteiger charge is 2.29. The number of aromatic nitrogens is 4. The summed E-state index contributed by atoms with van der Waals surface area (Å²) >= 11 is 0. The number of aromatic amines is 1. The van der Waals surface area contributed by atoms with Gasteiger partial charge in [0.1, 0.15) is 0 Å². The highest BCUT2D eigenvalue weighted by molar-refractivity contribution is 5.90. The van der Waals surface area contributed by atoms with E-state index in [2.05, 4.69) is 34.5 Å². The summed E-state index contributed by atoms with van der Waals surface area (Å²) in [6, 6.07) is 0.264. The number of piperidine rings is 1. The number of H-pyrrole nitrogens is 1. The van der Waals surface area contributed by atoms with Crippen LogP contribution in [0.2, 0.25) is 0 Å². The smallest absolute Gasteiger partial charge is 0.295 e. The van der Waals surface area contributed by atoms with E-state index in [4.69, 9.17) is 0 Å². The van der Waals surface area contributed by atoms with Crippen LogP contribution < -0.4 is 0 Å². The molecule has 0 spiro atoms. The van der Waals surface area contributed by atoms with Crippen LogP contribution >= 0.6 is 0 Å². The molecule has 2 rings (SSSR count). The van der Waals surface area contributed by atoms with Gasteiger partial charge in [0.2, 0.25) is 0 Å². The average molecular weight is 209 g/mol. The van der Waals surface area contributed by atoms with E-state index in [1.54, 1.807) is 0 Å². The summed E-state index contributed by atoms with van der Waals surface area (Å²) in [6.07, 6.45) is 2.09. The van der Waals surface area contributed by atoms with Crippen molar-refractivity contribution in [3.05, 3.63) is 5.82 Å². The lowest BCUT2D eigenvalue weighted by Gasteiger charge is -2.35. The Labute approximate surface area is 88.0 Å². The van der Waals surface area contributed by atoms with E-state index in [9.17, 15) is 4.79 Å². The molecule has 1 aliphatic heterocycles. The van der Waals surface area contributed by atoms with Crippen molar-refractivity contribution in [3.8, 4) is 0 Å². The standard InChI is InChI=1S/C9H15N5O/c1-6-3-4-14(7(2)5-6)9(15)8-10-12-13-11-8/h6-7H,3-5H2,1-2H3,(H,10,11,12,13). The number of nitrogens with one attached hydrogen (secondary N) is 1. The van der Waals surface area contributed by atoms with Gasteiger partial charge in [-0.1, -0.05) is 6.92 Å². The molecule has 82 valence electrons. The predicted octanol–water partition coefficient (Wildman–Crippen LogP) is 0.460. The van der Waals surface area contributed by atoms with E-state index < -0.39 is 0 Å². The van der Waals surface area contributed by atoms with Crippen LogP contribution in [0.4, 0.5) is 0 Å². The molecule has 1 aromatic heterocycles. The molecule has 0 saturated carbocycles. The van der Waals surface area contributed by atoms with Crippen LogP contribution in [0, 0.1) is 5.92 Å². The highest BCUT2D eigenvalue weighted by atomic mass is 16.2. The lowest BCUT2D eigenvalue weighted by Crippen LogP contribution is -2.44. The Hall–Kier alpha value is -1.46. The van der Waals surface area contributed by atoms with Gasteiger partial charge in [-0.3, -0.25) is 4.79 Å². The number of likely N-dealkylation sites (tertiary alicyclic amines) is 1. The van der Waals surface area contributed by atoms with Crippen molar-refractivity contribution in [1.29, 1.82) is 0 Å². The van der Waals surface area contributed by atoms with Crippen molar-refractivity contribution in [2.45, 2.75) is 32.7 Å². The lowest BCUT2D eigenvalue weighted by molar-refractivity contribution is 0.0576. The maximum absolute atomic E-state index is 11.9. The van der Waals surface area contributed by atoms with Crippen LogP contribution in [0.25, 0.3) is 0 Å². The zero-order valence-corrected chi connectivity index (χ0v) is 8.97. The number of hydrogen-bond donors (Lipinski definition) is 1. The second-order valence-electron chi connectivity index (χ2n) is 4.21. The predicted molar refractivity (Wildman–Crippen MR) is 53.1 cm³/mol. The Morgan fingerprint density at radius 1 is 1.53 bits per heavy atom. The molecule has 15 heavy (non-hydrogen) atoms. The van der Waals surface area contributed by atoms with Crippen LogP contribution in [0.1, 0.15) is 37.3 Å². The van der Waals surface area contributed by atoms with E-state index in [1.165, 1.54) is 0 Å².